The summed E-state index contributed by atoms with van der Waals surface area (Å²) in [5, 5.41) is 17.1. The molecule has 0 fully saturated rings. The quantitative estimate of drug-likeness (QED) is 0.669. The Labute approximate surface area is 109 Å². The summed E-state index contributed by atoms with van der Waals surface area (Å²) in [7, 11) is 0. The average Bonchev–Trinajstić information content (AvgIpc) is 2.75. The highest BCUT2D eigenvalue weighted by Gasteiger charge is 2.07. The third-order valence-corrected chi connectivity index (χ3v) is 2.43. The molecule has 2 aromatic rings. The summed E-state index contributed by atoms with van der Waals surface area (Å²) in [6.45, 7) is 1.99. The number of hydrogen-bond acceptors (Lipinski definition) is 4. The zero-order valence-corrected chi connectivity index (χ0v) is 10.2. The lowest BCUT2D eigenvalue weighted by atomic mass is 10.3. The summed E-state index contributed by atoms with van der Waals surface area (Å²) >= 11 is 0. The number of aromatic nitrogens is 2. The van der Waals surface area contributed by atoms with Crippen molar-refractivity contribution >= 4 is 17.3 Å². The van der Waals surface area contributed by atoms with Crippen LogP contribution in [0, 0.1) is 17.0 Å². The second-order valence-corrected chi connectivity index (χ2v) is 4.07. The van der Waals surface area contributed by atoms with Crippen molar-refractivity contribution < 1.29 is 9.72 Å². The molecule has 0 aliphatic heterocycles. The maximum absolute atomic E-state index is 11.7. The van der Waals surface area contributed by atoms with Crippen molar-refractivity contribution in [2.24, 2.45) is 0 Å². The van der Waals surface area contributed by atoms with Crippen molar-refractivity contribution in [3.63, 3.8) is 0 Å². The molecule has 0 unspecified atom stereocenters. The first kappa shape index (κ1) is 12.7. The van der Waals surface area contributed by atoms with E-state index >= 15 is 0 Å². The third kappa shape index (κ3) is 3.38. The number of nitro benzene ring substituents is 1. The molecule has 19 heavy (non-hydrogen) atoms. The van der Waals surface area contributed by atoms with Gasteiger partial charge in [0.1, 0.15) is 6.54 Å². The molecular weight excluding hydrogens is 248 g/mol. The summed E-state index contributed by atoms with van der Waals surface area (Å²) in [5.74, 6) is -0.239. The number of non-ortho nitro benzene ring substituents is 1. The summed E-state index contributed by atoms with van der Waals surface area (Å²) in [6.07, 6.45) is 3.43. The lowest BCUT2D eigenvalue weighted by Crippen LogP contribution is -2.18. The van der Waals surface area contributed by atoms with Gasteiger partial charge in [0.15, 0.2) is 0 Å². The maximum Gasteiger partial charge on any atom is 0.269 e. The average molecular weight is 260 g/mol. The Morgan fingerprint density at radius 2 is 2.11 bits per heavy atom. The fraction of sp³-hybridized carbons (Fsp3) is 0.167. The van der Waals surface area contributed by atoms with E-state index in [9.17, 15) is 14.9 Å². The second-order valence-electron chi connectivity index (χ2n) is 4.07. The van der Waals surface area contributed by atoms with Crippen molar-refractivity contribution in [2.45, 2.75) is 13.5 Å². The molecule has 7 nitrogen and oxygen atoms in total. The largest absolute Gasteiger partial charge is 0.324 e. The number of rotatable bonds is 4. The zero-order valence-electron chi connectivity index (χ0n) is 10.2. The molecule has 0 spiro atoms. The Hall–Kier alpha value is -2.70. The van der Waals surface area contributed by atoms with E-state index in [0.29, 0.717) is 5.69 Å². The van der Waals surface area contributed by atoms with Gasteiger partial charge in [-0.1, -0.05) is 0 Å². The maximum atomic E-state index is 11.7. The minimum absolute atomic E-state index is 0.0132. The zero-order chi connectivity index (χ0) is 13.8. The number of nitrogens with zero attached hydrogens (tertiary/aromatic N) is 3. The first-order valence-corrected chi connectivity index (χ1v) is 5.58. The summed E-state index contributed by atoms with van der Waals surface area (Å²) < 4.78 is 1.52. The lowest BCUT2D eigenvalue weighted by molar-refractivity contribution is -0.384. The Morgan fingerprint density at radius 3 is 2.63 bits per heavy atom. The Morgan fingerprint density at radius 1 is 1.42 bits per heavy atom. The van der Waals surface area contributed by atoms with Crippen molar-refractivity contribution in [3.05, 3.63) is 52.3 Å². The predicted octanol–water partition coefficient (Wildman–Crippen LogP) is 1.74. The normalized spacial score (nSPS) is 10.2. The van der Waals surface area contributed by atoms with E-state index in [1.807, 2.05) is 6.92 Å². The van der Waals surface area contributed by atoms with Gasteiger partial charge in [-0.25, -0.2) is 0 Å². The summed E-state index contributed by atoms with van der Waals surface area (Å²) in [5.41, 5.74) is 1.48. The summed E-state index contributed by atoms with van der Waals surface area (Å²) in [6, 6.07) is 5.66. The summed E-state index contributed by atoms with van der Waals surface area (Å²) in [4.78, 5) is 21.7. The molecule has 7 heteroatoms. The molecule has 0 aliphatic carbocycles. The van der Waals surface area contributed by atoms with Gasteiger partial charge < -0.3 is 5.32 Å². The number of nitrogens with one attached hydrogen (secondary N) is 1. The van der Waals surface area contributed by atoms with Gasteiger partial charge in [-0.15, -0.1) is 0 Å². The Kier molecular flexibility index (Phi) is 3.56. The number of benzene rings is 1. The standard InChI is InChI=1S/C12H12N4O3/c1-9-6-13-15(7-9)8-12(17)14-10-2-4-11(5-3-10)16(18)19/h2-7H,8H2,1H3,(H,14,17). The SMILES string of the molecule is Cc1cnn(CC(=O)Nc2ccc([N+](=O)[O-])cc2)c1. The van der Waals surface area contributed by atoms with E-state index in [1.165, 1.54) is 28.9 Å². The second kappa shape index (κ2) is 5.30. The van der Waals surface area contributed by atoms with Crippen molar-refractivity contribution in [1.29, 1.82) is 0 Å². The van der Waals surface area contributed by atoms with Gasteiger partial charge in [0.05, 0.1) is 11.1 Å². The third-order valence-electron chi connectivity index (χ3n) is 2.43. The number of hydrogen-bond donors (Lipinski definition) is 1. The van der Waals surface area contributed by atoms with Crippen LogP contribution >= 0.6 is 0 Å². The Bertz CT molecular complexity index is 604. The monoisotopic (exact) mass is 260 g/mol. The van der Waals surface area contributed by atoms with Crippen molar-refractivity contribution in [3.8, 4) is 0 Å². The van der Waals surface area contributed by atoms with Crippen LogP contribution in [0.4, 0.5) is 11.4 Å². The van der Waals surface area contributed by atoms with Gasteiger partial charge in [0.2, 0.25) is 5.91 Å². The number of anilines is 1. The van der Waals surface area contributed by atoms with E-state index in [-0.39, 0.29) is 18.1 Å². The molecule has 1 amide bonds. The predicted molar refractivity (Wildman–Crippen MR) is 68.7 cm³/mol. The molecule has 98 valence electrons. The van der Waals surface area contributed by atoms with E-state index in [0.717, 1.165) is 5.56 Å². The van der Waals surface area contributed by atoms with Gasteiger partial charge in [0.25, 0.3) is 5.69 Å². The molecule has 1 heterocycles. The van der Waals surface area contributed by atoms with Crippen molar-refractivity contribution in [1.82, 2.24) is 9.78 Å². The number of aryl methyl sites for hydroxylation is 1. The van der Waals surface area contributed by atoms with Crippen LogP contribution in [0.25, 0.3) is 0 Å². The smallest absolute Gasteiger partial charge is 0.269 e. The number of carbonyl (C=O) groups is 1. The van der Waals surface area contributed by atoms with Crippen LogP contribution in [-0.4, -0.2) is 20.6 Å². The van der Waals surface area contributed by atoms with Crippen LogP contribution < -0.4 is 5.32 Å². The first-order valence-electron chi connectivity index (χ1n) is 5.58. The highest BCUT2D eigenvalue weighted by atomic mass is 16.6. The molecule has 2 rings (SSSR count). The molecule has 0 saturated heterocycles. The highest BCUT2D eigenvalue weighted by Crippen LogP contribution is 2.15. The van der Waals surface area contributed by atoms with E-state index < -0.39 is 4.92 Å². The first-order chi connectivity index (χ1) is 9.04. The van der Waals surface area contributed by atoms with Crippen LogP contribution in [0.2, 0.25) is 0 Å². The molecule has 1 aromatic heterocycles. The molecule has 0 aliphatic rings. The molecule has 0 radical (unpaired) electrons. The van der Waals surface area contributed by atoms with E-state index in [2.05, 4.69) is 10.4 Å². The molecule has 0 atom stereocenters. The molecule has 0 bridgehead atoms. The molecular formula is C12H12N4O3. The highest BCUT2D eigenvalue weighted by molar-refractivity contribution is 5.90. The van der Waals surface area contributed by atoms with Crippen LogP contribution in [0.1, 0.15) is 5.56 Å². The van der Waals surface area contributed by atoms with E-state index in [1.54, 1.807) is 12.4 Å². The van der Waals surface area contributed by atoms with Crippen LogP contribution in [-0.2, 0) is 11.3 Å². The molecule has 1 aromatic carbocycles. The van der Waals surface area contributed by atoms with Crippen molar-refractivity contribution in [2.75, 3.05) is 5.32 Å². The molecule has 0 saturated carbocycles. The minimum atomic E-state index is -0.488. The van der Waals surface area contributed by atoms with Crippen LogP contribution in [0.15, 0.2) is 36.7 Å². The van der Waals surface area contributed by atoms with Crippen LogP contribution in [0.5, 0.6) is 0 Å². The van der Waals surface area contributed by atoms with Gasteiger partial charge in [-0.3, -0.25) is 19.6 Å². The Balaban J connectivity index is 1.97. The van der Waals surface area contributed by atoms with Gasteiger partial charge in [-0.05, 0) is 24.6 Å². The fourth-order valence-corrected chi connectivity index (χ4v) is 1.57. The number of amides is 1. The van der Waals surface area contributed by atoms with Gasteiger partial charge in [-0.2, -0.15) is 5.10 Å². The van der Waals surface area contributed by atoms with E-state index in [4.69, 9.17) is 0 Å². The fourth-order valence-electron chi connectivity index (χ4n) is 1.57. The number of carbonyl (C=O) groups excluding carboxylic acids is 1. The van der Waals surface area contributed by atoms with Gasteiger partial charge >= 0.3 is 0 Å². The van der Waals surface area contributed by atoms with Crippen LogP contribution in [0.3, 0.4) is 0 Å². The topological polar surface area (TPSA) is 90.1 Å². The molecule has 1 N–H and O–H groups in total. The minimum Gasteiger partial charge on any atom is -0.324 e. The van der Waals surface area contributed by atoms with Gasteiger partial charge in [0, 0.05) is 24.0 Å². The lowest BCUT2D eigenvalue weighted by Gasteiger charge is -2.04. The number of nitro groups is 1.